The van der Waals surface area contributed by atoms with Crippen LogP contribution < -0.4 is 10.9 Å². The first-order chi connectivity index (χ1) is 11.6. The van der Waals surface area contributed by atoms with Gasteiger partial charge in [0.15, 0.2) is 5.69 Å². The third-order valence-electron chi connectivity index (χ3n) is 3.10. The van der Waals surface area contributed by atoms with Crippen LogP contribution in [0.25, 0.3) is 11.0 Å². The number of fused-ring (bicyclic) bond motifs is 1. The highest BCUT2D eigenvalue weighted by atomic mass is 16.5. The van der Waals surface area contributed by atoms with E-state index in [2.05, 4.69) is 10.3 Å². The molecule has 0 fully saturated rings. The molecule has 0 saturated heterocycles. The zero-order valence-corrected chi connectivity index (χ0v) is 12.6. The van der Waals surface area contributed by atoms with Gasteiger partial charge in [0.1, 0.15) is 17.4 Å². The summed E-state index contributed by atoms with van der Waals surface area (Å²) in [6, 6.07) is 7.98. The number of hydrogen-bond acceptors (Lipinski definition) is 7. The van der Waals surface area contributed by atoms with Gasteiger partial charge >= 0.3 is 17.6 Å². The quantitative estimate of drug-likeness (QED) is 0.577. The zero-order chi connectivity index (χ0) is 17.1. The van der Waals surface area contributed by atoms with E-state index in [1.54, 1.807) is 31.2 Å². The molecular formula is C16H12N2O6. The van der Waals surface area contributed by atoms with Gasteiger partial charge in [-0.1, -0.05) is 18.2 Å². The van der Waals surface area contributed by atoms with Gasteiger partial charge in [0.2, 0.25) is 0 Å². The summed E-state index contributed by atoms with van der Waals surface area (Å²) in [6.07, 6.45) is 1.05. The molecule has 3 aromatic rings. The Bertz CT molecular complexity index is 972. The topological polar surface area (TPSA) is 112 Å². The molecule has 0 aliphatic heterocycles. The first kappa shape index (κ1) is 15.5. The molecule has 0 bridgehead atoms. The fraction of sp³-hybridized carbons (Fsp3) is 0.125. The maximum Gasteiger partial charge on any atom is 0.360 e. The van der Waals surface area contributed by atoms with Crippen LogP contribution in [-0.2, 0) is 4.74 Å². The predicted octanol–water partition coefficient (Wildman–Crippen LogP) is 2.21. The van der Waals surface area contributed by atoms with Crippen LogP contribution >= 0.6 is 0 Å². The molecule has 2 heterocycles. The molecule has 8 heteroatoms. The Morgan fingerprint density at radius 2 is 2.08 bits per heavy atom. The molecule has 0 unspecified atom stereocenters. The Kier molecular flexibility index (Phi) is 4.11. The Labute approximate surface area is 135 Å². The minimum Gasteiger partial charge on any atom is -0.461 e. The number of nitrogens with one attached hydrogen (secondary N) is 1. The van der Waals surface area contributed by atoms with Crippen molar-refractivity contribution in [2.45, 2.75) is 6.92 Å². The SMILES string of the molecule is CCOC(=O)c1coc(NC(=O)c2cc3ccccc3oc2=O)n1. The van der Waals surface area contributed by atoms with Crippen molar-refractivity contribution in [1.29, 1.82) is 0 Å². The Balaban J connectivity index is 1.84. The minimum absolute atomic E-state index is 0.0855. The van der Waals surface area contributed by atoms with Gasteiger partial charge in [0.05, 0.1) is 6.61 Å². The summed E-state index contributed by atoms with van der Waals surface area (Å²) >= 11 is 0. The highest BCUT2D eigenvalue weighted by Crippen LogP contribution is 2.14. The number of anilines is 1. The van der Waals surface area contributed by atoms with Crippen LogP contribution in [0.3, 0.4) is 0 Å². The second-order valence-corrected chi connectivity index (χ2v) is 4.70. The van der Waals surface area contributed by atoms with E-state index in [1.165, 1.54) is 6.07 Å². The number of nitrogens with zero attached hydrogens (tertiary/aromatic N) is 1. The normalized spacial score (nSPS) is 10.5. The van der Waals surface area contributed by atoms with E-state index < -0.39 is 17.5 Å². The fourth-order valence-electron chi connectivity index (χ4n) is 2.01. The van der Waals surface area contributed by atoms with E-state index in [0.717, 1.165) is 6.26 Å². The number of para-hydroxylation sites is 1. The van der Waals surface area contributed by atoms with Crippen molar-refractivity contribution < 1.29 is 23.2 Å². The number of amides is 1. The second-order valence-electron chi connectivity index (χ2n) is 4.70. The van der Waals surface area contributed by atoms with E-state index in [4.69, 9.17) is 13.6 Å². The molecule has 0 aliphatic carbocycles. The van der Waals surface area contributed by atoms with Crippen LogP contribution in [0.15, 0.2) is 50.2 Å². The summed E-state index contributed by atoms with van der Waals surface area (Å²) in [7, 11) is 0. The highest BCUT2D eigenvalue weighted by Gasteiger charge is 2.18. The molecule has 24 heavy (non-hydrogen) atoms. The molecule has 122 valence electrons. The maximum atomic E-state index is 12.2. The summed E-state index contributed by atoms with van der Waals surface area (Å²) in [5, 5.41) is 2.90. The van der Waals surface area contributed by atoms with Crippen molar-refractivity contribution in [3.63, 3.8) is 0 Å². The summed E-state index contributed by atoms with van der Waals surface area (Å²) in [4.78, 5) is 39.4. The Morgan fingerprint density at radius 3 is 2.88 bits per heavy atom. The van der Waals surface area contributed by atoms with Crippen molar-refractivity contribution in [2.24, 2.45) is 0 Å². The molecule has 0 atom stereocenters. The van der Waals surface area contributed by atoms with Crippen molar-refractivity contribution in [1.82, 2.24) is 4.98 Å². The lowest BCUT2D eigenvalue weighted by atomic mass is 10.2. The summed E-state index contributed by atoms with van der Waals surface area (Å²) in [5.74, 6) is -1.43. The summed E-state index contributed by atoms with van der Waals surface area (Å²) < 4.78 is 14.8. The number of hydrogen-bond donors (Lipinski definition) is 1. The predicted molar refractivity (Wildman–Crippen MR) is 82.9 cm³/mol. The average molecular weight is 328 g/mol. The number of oxazole rings is 1. The molecule has 3 rings (SSSR count). The number of carbonyl (C=O) groups excluding carboxylic acids is 2. The van der Waals surface area contributed by atoms with Gasteiger partial charge in [0.25, 0.3) is 5.91 Å². The summed E-state index contributed by atoms with van der Waals surface area (Å²) in [6.45, 7) is 1.84. The molecule has 1 N–H and O–H groups in total. The minimum atomic E-state index is -0.789. The number of benzene rings is 1. The van der Waals surface area contributed by atoms with Gasteiger partial charge < -0.3 is 13.6 Å². The van der Waals surface area contributed by atoms with E-state index in [0.29, 0.717) is 11.0 Å². The molecule has 0 saturated carbocycles. The molecule has 0 aliphatic rings. The van der Waals surface area contributed by atoms with E-state index in [1.807, 2.05) is 0 Å². The summed E-state index contributed by atoms with van der Waals surface area (Å²) in [5.41, 5.74) is -0.703. The van der Waals surface area contributed by atoms with Gasteiger partial charge in [-0.15, -0.1) is 0 Å². The van der Waals surface area contributed by atoms with Crippen molar-refractivity contribution >= 4 is 28.9 Å². The molecule has 1 amide bonds. The second kappa shape index (κ2) is 6.37. The van der Waals surface area contributed by atoms with Gasteiger partial charge in [-0.05, 0) is 19.1 Å². The largest absolute Gasteiger partial charge is 0.461 e. The van der Waals surface area contributed by atoms with Crippen LogP contribution in [0.5, 0.6) is 0 Å². The smallest absolute Gasteiger partial charge is 0.360 e. The highest BCUT2D eigenvalue weighted by molar-refractivity contribution is 6.04. The van der Waals surface area contributed by atoms with Crippen molar-refractivity contribution in [3.8, 4) is 0 Å². The number of carbonyl (C=O) groups is 2. The lowest BCUT2D eigenvalue weighted by Crippen LogP contribution is -2.20. The maximum absolute atomic E-state index is 12.2. The number of ether oxygens (including phenoxy) is 1. The van der Waals surface area contributed by atoms with E-state index >= 15 is 0 Å². The fourth-order valence-corrected chi connectivity index (χ4v) is 2.01. The third kappa shape index (κ3) is 3.02. The van der Waals surface area contributed by atoms with Crippen LogP contribution in [0, 0.1) is 0 Å². The zero-order valence-electron chi connectivity index (χ0n) is 12.6. The first-order valence-corrected chi connectivity index (χ1v) is 7.05. The molecule has 2 aromatic heterocycles. The van der Waals surface area contributed by atoms with E-state index in [-0.39, 0.29) is 23.9 Å². The standard InChI is InChI=1S/C16H12N2O6/c1-2-22-15(21)11-8-23-16(17-11)18-13(19)10-7-9-5-3-4-6-12(9)24-14(10)20/h3-8H,2H2,1H3,(H,17,18,19). The molecule has 8 nitrogen and oxygen atoms in total. The molecule has 1 aromatic carbocycles. The number of rotatable bonds is 4. The third-order valence-corrected chi connectivity index (χ3v) is 3.10. The molecule has 0 spiro atoms. The van der Waals surface area contributed by atoms with Gasteiger partial charge in [-0.3, -0.25) is 10.1 Å². The average Bonchev–Trinajstić information content (AvgIpc) is 3.03. The number of esters is 1. The molecule has 0 radical (unpaired) electrons. The van der Waals surface area contributed by atoms with Crippen molar-refractivity contribution in [3.05, 3.63) is 58.3 Å². The van der Waals surface area contributed by atoms with Crippen LogP contribution in [0.4, 0.5) is 6.01 Å². The molecular weight excluding hydrogens is 316 g/mol. The monoisotopic (exact) mass is 328 g/mol. The van der Waals surface area contributed by atoms with Gasteiger partial charge in [-0.2, -0.15) is 4.98 Å². The lowest BCUT2D eigenvalue weighted by molar-refractivity contribution is 0.0519. The van der Waals surface area contributed by atoms with Crippen molar-refractivity contribution in [2.75, 3.05) is 11.9 Å². The van der Waals surface area contributed by atoms with Crippen LogP contribution in [-0.4, -0.2) is 23.5 Å². The first-order valence-electron chi connectivity index (χ1n) is 7.05. The Hall–Kier alpha value is -3.42. The number of aromatic nitrogens is 1. The lowest BCUT2D eigenvalue weighted by Gasteiger charge is -2.01. The van der Waals surface area contributed by atoms with E-state index in [9.17, 15) is 14.4 Å². The van der Waals surface area contributed by atoms with Crippen LogP contribution in [0.1, 0.15) is 27.8 Å². The van der Waals surface area contributed by atoms with Gasteiger partial charge in [0, 0.05) is 5.39 Å². The van der Waals surface area contributed by atoms with Crippen LogP contribution in [0.2, 0.25) is 0 Å². The Morgan fingerprint density at radius 1 is 1.29 bits per heavy atom. The van der Waals surface area contributed by atoms with Gasteiger partial charge in [-0.25, -0.2) is 9.59 Å².